The first-order chi connectivity index (χ1) is 12.2. The van der Waals surface area contributed by atoms with Gasteiger partial charge in [0.25, 0.3) is 5.91 Å². The van der Waals surface area contributed by atoms with Crippen molar-refractivity contribution in [2.45, 2.75) is 32.9 Å². The lowest BCUT2D eigenvalue weighted by atomic mass is 10.1. The normalized spacial score (nSPS) is 10.7. The van der Waals surface area contributed by atoms with Gasteiger partial charge in [-0.1, -0.05) is 13.0 Å². The highest BCUT2D eigenvalue weighted by atomic mass is 32.1. The molecule has 0 aliphatic heterocycles. The van der Waals surface area contributed by atoms with Crippen LogP contribution in [0.2, 0.25) is 0 Å². The molecular formula is C17H19F3N2O3S. The molecular weight excluding hydrogens is 369 g/mol. The molecule has 0 aromatic carbocycles. The van der Waals surface area contributed by atoms with Crippen molar-refractivity contribution >= 4 is 23.2 Å². The second kappa shape index (κ2) is 9.91. The summed E-state index contributed by atoms with van der Waals surface area (Å²) in [5, 5.41) is 12.1. The third kappa shape index (κ3) is 6.83. The lowest BCUT2D eigenvalue weighted by Crippen LogP contribution is -2.26. The minimum Gasteiger partial charge on any atom is -0.475 e. The average Bonchev–Trinajstić information content (AvgIpc) is 2.96. The van der Waals surface area contributed by atoms with E-state index >= 15 is 0 Å². The second-order valence-corrected chi connectivity index (χ2v) is 6.29. The van der Waals surface area contributed by atoms with E-state index in [0.717, 1.165) is 24.0 Å². The number of aliphatic carboxylic acids is 1. The average molecular weight is 388 g/mol. The van der Waals surface area contributed by atoms with Gasteiger partial charge < -0.3 is 10.4 Å². The van der Waals surface area contributed by atoms with Gasteiger partial charge in [0.05, 0.1) is 5.56 Å². The third-order valence-corrected chi connectivity index (χ3v) is 4.32. The number of carbonyl (C=O) groups excluding carboxylic acids is 1. The number of carbonyl (C=O) groups is 2. The van der Waals surface area contributed by atoms with Crippen LogP contribution < -0.4 is 5.32 Å². The molecule has 1 amide bonds. The summed E-state index contributed by atoms with van der Waals surface area (Å²) in [6.07, 6.45) is 0.215. The molecule has 0 fully saturated rings. The molecule has 0 bridgehead atoms. The molecule has 2 aromatic rings. The molecule has 2 rings (SSSR count). The molecule has 0 aliphatic rings. The van der Waals surface area contributed by atoms with Gasteiger partial charge in [-0.3, -0.25) is 9.78 Å². The van der Waals surface area contributed by atoms with E-state index in [4.69, 9.17) is 9.90 Å². The Balaban J connectivity index is 0.000000412. The van der Waals surface area contributed by atoms with Crippen LogP contribution in [-0.2, 0) is 17.6 Å². The van der Waals surface area contributed by atoms with E-state index in [2.05, 4.69) is 24.1 Å². The number of amides is 1. The van der Waals surface area contributed by atoms with Crippen LogP contribution in [0.5, 0.6) is 0 Å². The third-order valence-electron chi connectivity index (χ3n) is 3.37. The fourth-order valence-electron chi connectivity index (χ4n) is 2.07. The fraction of sp³-hybridized carbons (Fsp3) is 0.353. The summed E-state index contributed by atoms with van der Waals surface area (Å²) in [5.74, 6) is -2.72. The minimum atomic E-state index is -5.08. The van der Waals surface area contributed by atoms with E-state index < -0.39 is 12.1 Å². The summed E-state index contributed by atoms with van der Waals surface area (Å²) in [4.78, 5) is 26.3. The maximum Gasteiger partial charge on any atom is 0.490 e. The highest BCUT2D eigenvalue weighted by Crippen LogP contribution is 2.22. The molecule has 0 radical (unpaired) electrons. The van der Waals surface area contributed by atoms with Gasteiger partial charge in [0.15, 0.2) is 0 Å². The Morgan fingerprint density at radius 1 is 1.35 bits per heavy atom. The topological polar surface area (TPSA) is 79.3 Å². The van der Waals surface area contributed by atoms with Crippen LogP contribution in [0, 0.1) is 6.92 Å². The molecule has 26 heavy (non-hydrogen) atoms. The molecule has 9 heteroatoms. The second-order valence-electron chi connectivity index (χ2n) is 5.21. The van der Waals surface area contributed by atoms with Gasteiger partial charge in [-0.15, -0.1) is 11.3 Å². The number of alkyl halides is 3. The molecule has 0 saturated carbocycles. The summed E-state index contributed by atoms with van der Waals surface area (Å²) in [6.45, 7) is 4.79. The number of rotatable bonds is 5. The van der Waals surface area contributed by atoms with Crippen molar-refractivity contribution in [3.8, 4) is 0 Å². The number of aromatic nitrogens is 1. The molecule has 0 atom stereocenters. The van der Waals surface area contributed by atoms with Gasteiger partial charge in [0.1, 0.15) is 0 Å². The molecule has 142 valence electrons. The molecule has 0 unspecified atom stereocenters. The molecule has 0 spiro atoms. The van der Waals surface area contributed by atoms with Crippen molar-refractivity contribution in [1.82, 2.24) is 10.3 Å². The number of aryl methyl sites for hydroxylation is 1. The number of hydrogen-bond donors (Lipinski definition) is 2. The Bertz CT molecular complexity index is 731. The standard InChI is InChI=1S/C15H18N2OS.C2HF3O2/c1-3-13-11(2)19-10-14(13)15(18)17-8-6-12-5-4-7-16-9-12;3-2(4,5)1(6)7/h4-5,7,9-10H,3,6,8H2,1-2H3,(H,17,18);(H,6,7). The smallest absolute Gasteiger partial charge is 0.475 e. The molecule has 0 aliphatic carbocycles. The van der Waals surface area contributed by atoms with E-state index in [-0.39, 0.29) is 5.91 Å². The number of hydrogen-bond acceptors (Lipinski definition) is 4. The number of halogens is 3. The van der Waals surface area contributed by atoms with Crippen LogP contribution in [0.1, 0.15) is 33.3 Å². The summed E-state index contributed by atoms with van der Waals surface area (Å²) in [6, 6.07) is 3.93. The number of carboxylic acids is 1. The van der Waals surface area contributed by atoms with Crippen molar-refractivity contribution in [1.29, 1.82) is 0 Å². The molecule has 5 nitrogen and oxygen atoms in total. The first-order valence-electron chi connectivity index (χ1n) is 7.71. The highest BCUT2D eigenvalue weighted by Gasteiger charge is 2.38. The van der Waals surface area contributed by atoms with E-state index in [1.807, 2.05) is 23.7 Å². The van der Waals surface area contributed by atoms with Crippen LogP contribution in [0.25, 0.3) is 0 Å². The Labute approximate surface area is 152 Å². The van der Waals surface area contributed by atoms with E-state index in [9.17, 15) is 18.0 Å². The summed E-state index contributed by atoms with van der Waals surface area (Å²) >= 11 is 1.64. The Morgan fingerprint density at radius 3 is 2.50 bits per heavy atom. The van der Waals surface area contributed by atoms with Crippen molar-refractivity contribution in [2.24, 2.45) is 0 Å². The van der Waals surface area contributed by atoms with Gasteiger partial charge in [0.2, 0.25) is 0 Å². The van der Waals surface area contributed by atoms with Gasteiger partial charge in [0, 0.05) is 29.2 Å². The van der Waals surface area contributed by atoms with Crippen LogP contribution in [0.15, 0.2) is 29.9 Å². The predicted octanol–water partition coefficient (Wildman–Crippen LogP) is 3.62. The quantitative estimate of drug-likeness (QED) is 0.820. The van der Waals surface area contributed by atoms with E-state index in [1.165, 1.54) is 10.4 Å². The zero-order valence-corrected chi connectivity index (χ0v) is 15.1. The maximum absolute atomic E-state index is 12.1. The van der Waals surface area contributed by atoms with Gasteiger partial charge >= 0.3 is 12.1 Å². The van der Waals surface area contributed by atoms with Gasteiger partial charge in [-0.25, -0.2) is 4.79 Å². The highest BCUT2D eigenvalue weighted by molar-refractivity contribution is 7.10. The zero-order valence-electron chi connectivity index (χ0n) is 14.3. The Morgan fingerprint density at radius 2 is 2.00 bits per heavy atom. The molecule has 2 heterocycles. The Kier molecular flexibility index (Phi) is 8.24. The van der Waals surface area contributed by atoms with Crippen LogP contribution >= 0.6 is 11.3 Å². The van der Waals surface area contributed by atoms with Crippen molar-refractivity contribution in [3.05, 3.63) is 51.5 Å². The number of pyridine rings is 1. The SMILES string of the molecule is CCc1c(C(=O)NCCc2cccnc2)csc1C.O=C(O)C(F)(F)F. The van der Waals surface area contributed by atoms with E-state index in [1.54, 1.807) is 17.5 Å². The first kappa shape index (κ1) is 21.6. The lowest BCUT2D eigenvalue weighted by molar-refractivity contribution is -0.192. The van der Waals surface area contributed by atoms with Crippen LogP contribution in [0.3, 0.4) is 0 Å². The summed E-state index contributed by atoms with van der Waals surface area (Å²) in [5.41, 5.74) is 3.14. The number of carboxylic acid groups (broad SMARTS) is 1. The van der Waals surface area contributed by atoms with Crippen LogP contribution in [0.4, 0.5) is 13.2 Å². The number of thiophene rings is 1. The predicted molar refractivity (Wildman–Crippen MR) is 92.4 cm³/mol. The zero-order chi connectivity index (χ0) is 19.7. The minimum absolute atomic E-state index is 0.0325. The van der Waals surface area contributed by atoms with Crippen molar-refractivity contribution in [2.75, 3.05) is 6.54 Å². The number of nitrogens with one attached hydrogen (secondary N) is 1. The van der Waals surface area contributed by atoms with Gasteiger partial charge in [-0.05, 0) is 37.0 Å². The lowest BCUT2D eigenvalue weighted by Gasteiger charge is -2.06. The van der Waals surface area contributed by atoms with Crippen molar-refractivity contribution in [3.63, 3.8) is 0 Å². The monoisotopic (exact) mass is 388 g/mol. The number of nitrogens with zero attached hydrogens (tertiary/aromatic N) is 1. The largest absolute Gasteiger partial charge is 0.490 e. The first-order valence-corrected chi connectivity index (χ1v) is 8.59. The summed E-state index contributed by atoms with van der Waals surface area (Å²) in [7, 11) is 0. The fourth-order valence-corrected chi connectivity index (χ4v) is 3.01. The van der Waals surface area contributed by atoms with E-state index in [0.29, 0.717) is 6.54 Å². The Hall–Kier alpha value is -2.42. The molecule has 0 saturated heterocycles. The molecule has 2 N–H and O–H groups in total. The summed E-state index contributed by atoms with van der Waals surface area (Å²) < 4.78 is 31.7. The molecule has 2 aromatic heterocycles. The van der Waals surface area contributed by atoms with Gasteiger partial charge in [-0.2, -0.15) is 13.2 Å². The maximum atomic E-state index is 12.1. The van der Waals surface area contributed by atoms with Crippen molar-refractivity contribution < 1.29 is 27.9 Å². The van der Waals surface area contributed by atoms with Crippen LogP contribution in [-0.4, -0.2) is 34.7 Å².